The minimum absolute atomic E-state index is 0.0451. The summed E-state index contributed by atoms with van der Waals surface area (Å²) in [6.07, 6.45) is 4.16. The first kappa shape index (κ1) is 16.9. The number of anilines is 2. The lowest BCUT2D eigenvalue weighted by molar-refractivity contribution is -0.118. The van der Waals surface area contributed by atoms with Crippen molar-refractivity contribution in [3.63, 3.8) is 0 Å². The lowest BCUT2D eigenvalue weighted by Gasteiger charge is -2.37. The zero-order chi connectivity index (χ0) is 17.3. The number of nitrogens with one attached hydrogen (secondary N) is 3. The smallest absolute Gasteiger partial charge is 0.319 e. The van der Waals surface area contributed by atoms with Crippen LogP contribution in [-0.2, 0) is 4.79 Å². The molecule has 24 heavy (non-hydrogen) atoms. The molecular formula is C17H22ClN3O3. The molecule has 3 amide bonds. The molecule has 1 fully saturated rings. The Morgan fingerprint density at radius 1 is 1.38 bits per heavy atom. The van der Waals surface area contributed by atoms with Crippen molar-refractivity contribution < 1.29 is 14.3 Å². The Hall–Kier alpha value is -1.95. The first-order valence-electron chi connectivity index (χ1n) is 8.20. The van der Waals surface area contributed by atoms with E-state index >= 15 is 0 Å². The molecule has 0 spiro atoms. The Morgan fingerprint density at radius 3 is 2.79 bits per heavy atom. The van der Waals surface area contributed by atoms with Crippen LogP contribution in [0, 0.1) is 5.92 Å². The van der Waals surface area contributed by atoms with Crippen molar-refractivity contribution in [3.05, 3.63) is 17.2 Å². The number of ether oxygens (including phenoxy) is 1. The van der Waals surface area contributed by atoms with Crippen LogP contribution in [0.15, 0.2) is 12.1 Å². The maximum Gasteiger partial charge on any atom is 0.319 e. The van der Waals surface area contributed by atoms with Crippen molar-refractivity contribution >= 4 is 34.9 Å². The summed E-state index contributed by atoms with van der Waals surface area (Å²) >= 11 is 6.20. The van der Waals surface area contributed by atoms with Crippen LogP contribution in [0.1, 0.15) is 39.5 Å². The average molecular weight is 352 g/mol. The largest absolute Gasteiger partial charge is 0.482 e. The van der Waals surface area contributed by atoms with Gasteiger partial charge in [-0.1, -0.05) is 18.5 Å². The standard InChI is InChI=1S/C17H22ClN3O3/c1-10-3-5-17(2,6-4-10)21-16(23)20-12-8-14-13(7-11(12)18)19-15(22)9-24-14/h7-8,10H,3-6,9H2,1-2H3,(H,19,22)(H2,20,21,23). The Balaban J connectivity index is 1.67. The van der Waals surface area contributed by atoms with Gasteiger partial charge < -0.3 is 20.7 Å². The number of halogens is 1. The number of hydrogen-bond acceptors (Lipinski definition) is 3. The van der Waals surface area contributed by atoms with Crippen LogP contribution < -0.4 is 20.7 Å². The van der Waals surface area contributed by atoms with Crippen LogP contribution in [0.5, 0.6) is 5.75 Å². The van der Waals surface area contributed by atoms with Crippen LogP contribution in [0.4, 0.5) is 16.2 Å². The minimum atomic E-state index is -0.284. The zero-order valence-corrected chi connectivity index (χ0v) is 14.6. The summed E-state index contributed by atoms with van der Waals surface area (Å²) in [6, 6.07) is 2.92. The highest BCUT2D eigenvalue weighted by Gasteiger charge is 2.31. The van der Waals surface area contributed by atoms with Crippen LogP contribution in [0.2, 0.25) is 5.02 Å². The zero-order valence-electron chi connectivity index (χ0n) is 13.9. The molecule has 130 valence electrons. The van der Waals surface area contributed by atoms with Crippen molar-refractivity contribution in [1.29, 1.82) is 0 Å². The summed E-state index contributed by atoms with van der Waals surface area (Å²) in [5.41, 5.74) is 0.772. The van der Waals surface area contributed by atoms with Gasteiger partial charge in [-0.15, -0.1) is 0 Å². The number of urea groups is 1. The third kappa shape index (κ3) is 3.75. The Labute approximate surface area is 146 Å². The van der Waals surface area contributed by atoms with E-state index in [0.29, 0.717) is 28.1 Å². The van der Waals surface area contributed by atoms with Gasteiger partial charge in [0.2, 0.25) is 0 Å². The third-order valence-corrected chi connectivity index (χ3v) is 5.06. The van der Waals surface area contributed by atoms with E-state index in [9.17, 15) is 9.59 Å². The van der Waals surface area contributed by atoms with Gasteiger partial charge in [-0.3, -0.25) is 4.79 Å². The molecule has 0 saturated heterocycles. The fraction of sp³-hybridized carbons (Fsp3) is 0.529. The molecule has 6 nitrogen and oxygen atoms in total. The molecule has 0 bridgehead atoms. The quantitative estimate of drug-likeness (QED) is 0.759. The second-order valence-corrected chi connectivity index (χ2v) is 7.39. The van der Waals surface area contributed by atoms with E-state index in [-0.39, 0.29) is 24.1 Å². The maximum atomic E-state index is 12.3. The van der Waals surface area contributed by atoms with Crippen molar-refractivity contribution in [3.8, 4) is 5.75 Å². The van der Waals surface area contributed by atoms with Gasteiger partial charge in [-0.25, -0.2) is 4.79 Å². The van der Waals surface area contributed by atoms with E-state index in [4.69, 9.17) is 16.3 Å². The molecular weight excluding hydrogens is 330 g/mol. The molecule has 1 heterocycles. The van der Waals surface area contributed by atoms with Crippen molar-refractivity contribution in [2.45, 2.75) is 45.1 Å². The molecule has 0 atom stereocenters. The molecule has 0 radical (unpaired) electrons. The van der Waals surface area contributed by atoms with Gasteiger partial charge in [0.05, 0.1) is 16.4 Å². The van der Waals surface area contributed by atoms with E-state index in [1.165, 1.54) is 0 Å². The molecule has 7 heteroatoms. The Morgan fingerprint density at radius 2 is 2.08 bits per heavy atom. The van der Waals surface area contributed by atoms with Gasteiger partial charge in [0, 0.05) is 11.6 Å². The molecule has 1 saturated carbocycles. The van der Waals surface area contributed by atoms with E-state index in [1.807, 2.05) is 0 Å². The Bertz CT molecular complexity index is 669. The SMILES string of the molecule is CC1CCC(C)(NC(=O)Nc2cc3c(cc2Cl)NC(=O)CO3)CC1. The topological polar surface area (TPSA) is 79.5 Å². The highest BCUT2D eigenvalue weighted by atomic mass is 35.5. The number of carbonyl (C=O) groups is 2. The second-order valence-electron chi connectivity index (χ2n) is 6.99. The first-order valence-corrected chi connectivity index (χ1v) is 8.58. The predicted molar refractivity (Wildman–Crippen MR) is 93.8 cm³/mol. The van der Waals surface area contributed by atoms with Crippen LogP contribution >= 0.6 is 11.6 Å². The lowest BCUT2D eigenvalue weighted by Crippen LogP contribution is -2.49. The number of amides is 3. The fourth-order valence-corrected chi connectivity index (χ4v) is 3.36. The maximum absolute atomic E-state index is 12.3. The number of carbonyl (C=O) groups excluding carboxylic acids is 2. The summed E-state index contributed by atoms with van der Waals surface area (Å²) < 4.78 is 5.35. The van der Waals surface area contributed by atoms with Crippen molar-refractivity contribution in [2.75, 3.05) is 17.2 Å². The van der Waals surface area contributed by atoms with E-state index < -0.39 is 0 Å². The molecule has 3 N–H and O–H groups in total. The molecule has 3 rings (SSSR count). The molecule has 0 unspecified atom stereocenters. The van der Waals surface area contributed by atoms with E-state index in [2.05, 4.69) is 29.8 Å². The van der Waals surface area contributed by atoms with Crippen molar-refractivity contribution in [2.24, 2.45) is 5.92 Å². The number of fused-ring (bicyclic) bond motifs is 1. The number of hydrogen-bond donors (Lipinski definition) is 3. The monoisotopic (exact) mass is 351 g/mol. The second kappa shape index (κ2) is 6.51. The molecule has 1 aliphatic heterocycles. The van der Waals surface area contributed by atoms with Crippen LogP contribution in [-0.4, -0.2) is 24.1 Å². The highest BCUT2D eigenvalue weighted by Crippen LogP contribution is 2.36. The fourth-order valence-electron chi connectivity index (χ4n) is 3.15. The average Bonchev–Trinajstić information content (AvgIpc) is 2.51. The van der Waals surface area contributed by atoms with E-state index in [0.717, 1.165) is 25.7 Å². The predicted octanol–water partition coefficient (Wildman–Crippen LogP) is 3.76. The molecule has 2 aliphatic rings. The van der Waals surface area contributed by atoms with Crippen LogP contribution in [0.25, 0.3) is 0 Å². The minimum Gasteiger partial charge on any atom is -0.482 e. The van der Waals surface area contributed by atoms with Crippen molar-refractivity contribution in [1.82, 2.24) is 5.32 Å². The first-order chi connectivity index (χ1) is 11.3. The van der Waals surface area contributed by atoms with E-state index in [1.54, 1.807) is 12.1 Å². The summed E-state index contributed by atoms with van der Waals surface area (Å²) in [5.74, 6) is 0.980. The van der Waals surface area contributed by atoms with Gasteiger partial charge in [-0.2, -0.15) is 0 Å². The van der Waals surface area contributed by atoms with Gasteiger partial charge in [0.15, 0.2) is 6.61 Å². The van der Waals surface area contributed by atoms with Gasteiger partial charge in [-0.05, 0) is 44.6 Å². The lowest BCUT2D eigenvalue weighted by atomic mass is 9.78. The normalized spacial score (nSPS) is 26.0. The third-order valence-electron chi connectivity index (χ3n) is 4.74. The van der Waals surface area contributed by atoms with Gasteiger partial charge in [0.25, 0.3) is 5.91 Å². The number of rotatable bonds is 2. The molecule has 1 aromatic rings. The number of benzene rings is 1. The van der Waals surface area contributed by atoms with Gasteiger partial charge >= 0.3 is 6.03 Å². The van der Waals surface area contributed by atoms with Gasteiger partial charge in [0.1, 0.15) is 5.75 Å². The molecule has 1 aromatic carbocycles. The summed E-state index contributed by atoms with van der Waals surface area (Å²) in [4.78, 5) is 23.7. The summed E-state index contributed by atoms with van der Waals surface area (Å²) in [6.45, 7) is 4.27. The summed E-state index contributed by atoms with van der Waals surface area (Å²) in [5, 5.41) is 8.86. The molecule has 0 aromatic heterocycles. The van der Waals surface area contributed by atoms with Crippen LogP contribution in [0.3, 0.4) is 0 Å². The Kier molecular flexibility index (Phi) is 4.58. The highest BCUT2D eigenvalue weighted by molar-refractivity contribution is 6.34. The summed E-state index contributed by atoms with van der Waals surface area (Å²) in [7, 11) is 0. The molecule has 1 aliphatic carbocycles.